The van der Waals surface area contributed by atoms with Crippen LogP contribution >= 0.6 is 23.4 Å². The van der Waals surface area contributed by atoms with Crippen LogP contribution < -0.4 is 5.32 Å². The van der Waals surface area contributed by atoms with Gasteiger partial charge in [-0.2, -0.15) is 13.2 Å². The minimum atomic E-state index is -4.41. The molecule has 7 heteroatoms. The summed E-state index contributed by atoms with van der Waals surface area (Å²) in [5.41, 5.74) is -0.450. The molecule has 1 aromatic rings. The summed E-state index contributed by atoms with van der Waals surface area (Å²) in [5.74, 6) is 0. The monoisotopic (exact) mass is 322 g/mol. The average molecular weight is 323 g/mol. The molecule has 0 saturated heterocycles. The Kier molecular flexibility index (Phi) is 4.86. The molecular formula is C13H14ClF3N2S. The second kappa shape index (κ2) is 6.26. The summed E-state index contributed by atoms with van der Waals surface area (Å²) < 4.78 is 38.1. The van der Waals surface area contributed by atoms with Crippen molar-refractivity contribution in [3.05, 3.63) is 28.8 Å². The number of anilines is 1. The molecule has 0 spiro atoms. The molecule has 1 N–H and O–H groups in total. The van der Waals surface area contributed by atoms with Gasteiger partial charge in [0.2, 0.25) is 0 Å². The molecule has 1 unspecified atom stereocenters. The maximum Gasteiger partial charge on any atom is 0.416 e. The molecular weight excluding hydrogens is 309 g/mol. The number of thioether (sulfide) groups is 1. The van der Waals surface area contributed by atoms with Crippen molar-refractivity contribution in [2.45, 2.75) is 31.2 Å². The highest BCUT2D eigenvalue weighted by molar-refractivity contribution is 8.15. The van der Waals surface area contributed by atoms with Crippen molar-refractivity contribution in [2.24, 2.45) is 4.99 Å². The fourth-order valence-electron chi connectivity index (χ4n) is 1.91. The van der Waals surface area contributed by atoms with Gasteiger partial charge in [-0.25, -0.2) is 0 Å². The van der Waals surface area contributed by atoms with Crippen LogP contribution in [-0.2, 0) is 6.18 Å². The summed E-state index contributed by atoms with van der Waals surface area (Å²) in [4.78, 5) is 4.30. The molecule has 0 aromatic heterocycles. The number of hydrogen-bond donors (Lipinski definition) is 1. The zero-order valence-electron chi connectivity index (χ0n) is 10.8. The molecule has 0 radical (unpaired) electrons. The van der Waals surface area contributed by atoms with Crippen molar-refractivity contribution >= 4 is 34.2 Å². The first-order valence-corrected chi connectivity index (χ1v) is 7.50. The summed E-state index contributed by atoms with van der Waals surface area (Å²) >= 11 is 7.30. The number of benzene rings is 1. The third-order valence-electron chi connectivity index (χ3n) is 2.80. The van der Waals surface area contributed by atoms with Crippen LogP contribution in [-0.4, -0.2) is 17.0 Å². The van der Waals surface area contributed by atoms with Crippen LogP contribution in [0.1, 0.15) is 25.3 Å². The minimum Gasteiger partial charge on any atom is -0.335 e. The molecule has 0 aliphatic carbocycles. The summed E-state index contributed by atoms with van der Waals surface area (Å²) in [6.45, 7) is 2.80. The molecule has 2 nitrogen and oxygen atoms in total. The first kappa shape index (κ1) is 15.5. The van der Waals surface area contributed by atoms with Crippen LogP contribution in [0.25, 0.3) is 0 Å². The molecule has 1 aliphatic heterocycles. The van der Waals surface area contributed by atoms with Crippen LogP contribution in [0, 0.1) is 0 Å². The number of amidine groups is 1. The Morgan fingerprint density at radius 2 is 2.15 bits per heavy atom. The van der Waals surface area contributed by atoms with Gasteiger partial charge in [-0.3, -0.25) is 4.99 Å². The van der Waals surface area contributed by atoms with Crippen molar-refractivity contribution in [1.29, 1.82) is 0 Å². The second-order valence-electron chi connectivity index (χ2n) is 4.53. The number of rotatable bonds is 3. The Balaban J connectivity index is 2.09. The molecule has 20 heavy (non-hydrogen) atoms. The smallest absolute Gasteiger partial charge is 0.335 e. The second-order valence-corrected chi connectivity index (χ2v) is 6.25. The number of nitrogens with zero attached hydrogens (tertiary/aromatic N) is 1. The normalized spacial score (nSPS) is 19.1. The van der Waals surface area contributed by atoms with Crippen molar-refractivity contribution < 1.29 is 13.2 Å². The fourth-order valence-corrected chi connectivity index (χ4v) is 3.29. The predicted molar refractivity (Wildman–Crippen MR) is 78.7 cm³/mol. The number of alkyl halides is 3. The number of halogens is 4. The number of hydrogen-bond acceptors (Lipinski definition) is 3. The van der Waals surface area contributed by atoms with Crippen LogP contribution in [0.4, 0.5) is 18.9 Å². The molecule has 1 atom stereocenters. The Hall–Kier alpha value is -0.880. The molecule has 2 rings (SSSR count). The van der Waals surface area contributed by atoms with E-state index in [9.17, 15) is 13.2 Å². The molecule has 1 aromatic carbocycles. The quantitative estimate of drug-likeness (QED) is 0.842. The Bertz CT molecular complexity index is 517. The Morgan fingerprint density at radius 3 is 2.80 bits per heavy atom. The van der Waals surface area contributed by atoms with E-state index in [1.54, 1.807) is 11.8 Å². The van der Waals surface area contributed by atoms with Crippen molar-refractivity contribution in [2.75, 3.05) is 11.9 Å². The minimum absolute atomic E-state index is 0.0519. The maximum absolute atomic E-state index is 12.7. The third kappa shape index (κ3) is 4.06. The molecule has 110 valence electrons. The zero-order valence-corrected chi connectivity index (χ0v) is 12.4. The lowest BCUT2D eigenvalue weighted by atomic mass is 10.2. The number of nitrogens with one attached hydrogen (secondary N) is 1. The van der Waals surface area contributed by atoms with Gasteiger partial charge in [0.15, 0.2) is 5.17 Å². The third-order valence-corrected chi connectivity index (χ3v) is 4.19. The molecule has 0 bridgehead atoms. The molecule has 0 fully saturated rings. The van der Waals surface area contributed by atoms with Gasteiger partial charge in [-0.1, -0.05) is 36.7 Å². The van der Waals surface area contributed by atoms with E-state index in [1.807, 2.05) is 0 Å². The molecule has 1 aliphatic rings. The Labute approximate surface area is 124 Å². The van der Waals surface area contributed by atoms with E-state index in [4.69, 9.17) is 11.6 Å². The van der Waals surface area contributed by atoms with Gasteiger partial charge in [-0.15, -0.1) is 0 Å². The van der Waals surface area contributed by atoms with Gasteiger partial charge < -0.3 is 5.32 Å². The highest BCUT2D eigenvalue weighted by Gasteiger charge is 2.31. The summed E-state index contributed by atoms with van der Waals surface area (Å²) in [6, 6.07) is 3.42. The van der Waals surface area contributed by atoms with Crippen molar-refractivity contribution in [3.63, 3.8) is 0 Å². The SMILES string of the molecule is CCCC1CN=C(Nc2cc(Cl)cc(C(F)(F)F)c2)S1. The highest BCUT2D eigenvalue weighted by atomic mass is 35.5. The first-order chi connectivity index (χ1) is 9.38. The van der Waals surface area contributed by atoms with E-state index < -0.39 is 11.7 Å². The van der Waals surface area contributed by atoms with Crippen LogP contribution in [0.3, 0.4) is 0 Å². The van der Waals surface area contributed by atoms with Gasteiger partial charge in [0.1, 0.15) is 0 Å². The van der Waals surface area contributed by atoms with E-state index in [0.717, 1.165) is 25.0 Å². The van der Waals surface area contributed by atoms with Gasteiger partial charge in [0.25, 0.3) is 0 Å². The van der Waals surface area contributed by atoms with Crippen LogP contribution in [0.5, 0.6) is 0 Å². The average Bonchev–Trinajstić information content (AvgIpc) is 2.75. The summed E-state index contributed by atoms with van der Waals surface area (Å²) in [6.07, 6.45) is -2.30. The van der Waals surface area contributed by atoms with Crippen molar-refractivity contribution in [3.8, 4) is 0 Å². The molecule has 1 heterocycles. The lowest BCUT2D eigenvalue weighted by Crippen LogP contribution is -2.10. The number of aliphatic imine (C=N–C) groups is 1. The van der Waals surface area contributed by atoms with E-state index in [1.165, 1.54) is 6.07 Å². The van der Waals surface area contributed by atoms with E-state index in [-0.39, 0.29) is 5.02 Å². The standard InChI is InChI=1S/C13H14ClF3N2S/c1-2-3-11-7-18-12(20-11)19-10-5-8(13(15,16)17)4-9(14)6-10/h4-6,11H,2-3,7H2,1H3,(H,18,19). The lowest BCUT2D eigenvalue weighted by Gasteiger charge is -2.12. The first-order valence-electron chi connectivity index (χ1n) is 6.24. The van der Waals surface area contributed by atoms with Gasteiger partial charge in [-0.05, 0) is 24.6 Å². The molecule has 0 saturated carbocycles. The lowest BCUT2D eigenvalue weighted by molar-refractivity contribution is -0.137. The maximum atomic E-state index is 12.7. The van der Waals surface area contributed by atoms with Crippen LogP contribution in [0.15, 0.2) is 23.2 Å². The Morgan fingerprint density at radius 1 is 1.40 bits per heavy atom. The zero-order chi connectivity index (χ0) is 14.8. The predicted octanol–water partition coefficient (Wildman–Crippen LogP) is 5.04. The largest absolute Gasteiger partial charge is 0.416 e. The topological polar surface area (TPSA) is 24.4 Å². The molecule has 0 amide bonds. The van der Waals surface area contributed by atoms with Crippen LogP contribution in [0.2, 0.25) is 5.02 Å². The van der Waals surface area contributed by atoms with Gasteiger partial charge >= 0.3 is 6.18 Å². The van der Waals surface area contributed by atoms with Crippen molar-refractivity contribution in [1.82, 2.24) is 0 Å². The highest BCUT2D eigenvalue weighted by Crippen LogP contribution is 2.34. The summed E-state index contributed by atoms with van der Waals surface area (Å²) in [5, 5.41) is 4.02. The van der Waals surface area contributed by atoms with E-state index in [2.05, 4.69) is 17.2 Å². The van der Waals surface area contributed by atoms with E-state index in [0.29, 0.717) is 22.6 Å². The summed E-state index contributed by atoms with van der Waals surface area (Å²) in [7, 11) is 0. The van der Waals surface area contributed by atoms with E-state index >= 15 is 0 Å². The van der Waals surface area contributed by atoms with Gasteiger partial charge in [0, 0.05) is 16.0 Å². The van der Waals surface area contributed by atoms with Gasteiger partial charge in [0.05, 0.1) is 12.1 Å². The fraction of sp³-hybridized carbons (Fsp3) is 0.462.